The number of rotatable bonds is 2. The molecule has 0 aromatic carbocycles. The summed E-state index contributed by atoms with van der Waals surface area (Å²) < 4.78 is 1.94. The molecule has 4 heteroatoms. The highest BCUT2D eigenvalue weighted by atomic mass is 35.5. The van der Waals surface area contributed by atoms with E-state index in [1.54, 1.807) is 18.6 Å². The van der Waals surface area contributed by atoms with Crippen LogP contribution in [0, 0.1) is 0 Å². The van der Waals surface area contributed by atoms with Gasteiger partial charge in [-0.2, -0.15) is 0 Å². The quantitative estimate of drug-likeness (QED) is 0.758. The molecule has 0 unspecified atom stereocenters. The van der Waals surface area contributed by atoms with Gasteiger partial charge in [0.2, 0.25) is 0 Å². The molecule has 0 N–H and O–H groups in total. The van der Waals surface area contributed by atoms with Crippen LogP contribution in [0.25, 0.3) is 11.4 Å². The van der Waals surface area contributed by atoms with E-state index in [1.807, 2.05) is 23.6 Å². The van der Waals surface area contributed by atoms with Crippen LogP contribution in [0.2, 0.25) is 5.15 Å². The standard InChI is InChI=1S/C10H10ClN3/c1-2-14-9(11)7-13-10(14)8-4-3-5-12-6-8/h3-7H,2H2,1H3. The predicted octanol–water partition coefficient (Wildman–Crippen LogP) is 2.62. The van der Waals surface area contributed by atoms with Crippen molar-refractivity contribution in [3.05, 3.63) is 35.9 Å². The molecule has 0 aliphatic carbocycles. The molecular weight excluding hydrogens is 198 g/mol. The van der Waals surface area contributed by atoms with Crippen LogP contribution < -0.4 is 0 Å². The molecule has 0 saturated heterocycles. The van der Waals surface area contributed by atoms with E-state index in [2.05, 4.69) is 9.97 Å². The number of pyridine rings is 1. The Kier molecular flexibility index (Phi) is 2.50. The zero-order chi connectivity index (χ0) is 9.97. The number of hydrogen-bond donors (Lipinski definition) is 0. The molecular formula is C10H10ClN3. The first kappa shape index (κ1) is 9.21. The van der Waals surface area contributed by atoms with Crippen molar-refractivity contribution in [3.8, 4) is 11.4 Å². The van der Waals surface area contributed by atoms with Gasteiger partial charge in [0.1, 0.15) is 11.0 Å². The molecule has 14 heavy (non-hydrogen) atoms. The topological polar surface area (TPSA) is 30.7 Å². The lowest BCUT2D eigenvalue weighted by Crippen LogP contribution is -1.97. The maximum absolute atomic E-state index is 5.98. The lowest BCUT2D eigenvalue weighted by molar-refractivity contribution is 0.771. The Morgan fingerprint density at radius 2 is 2.29 bits per heavy atom. The van der Waals surface area contributed by atoms with Crippen LogP contribution in [0.15, 0.2) is 30.7 Å². The summed E-state index contributed by atoms with van der Waals surface area (Å²) in [6.07, 6.45) is 5.18. The summed E-state index contributed by atoms with van der Waals surface area (Å²) in [5.74, 6) is 0.866. The van der Waals surface area contributed by atoms with Crippen LogP contribution in [0.3, 0.4) is 0 Å². The minimum atomic E-state index is 0.659. The molecule has 2 aromatic rings. The molecule has 0 radical (unpaired) electrons. The largest absolute Gasteiger partial charge is 0.315 e. The summed E-state index contributed by atoms with van der Waals surface area (Å²) in [7, 11) is 0. The fourth-order valence-corrected chi connectivity index (χ4v) is 1.63. The van der Waals surface area contributed by atoms with Crippen LogP contribution in [-0.2, 0) is 6.54 Å². The molecule has 2 aromatic heterocycles. The zero-order valence-electron chi connectivity index (χ0n) is 7.81. The molecule has 3 nitrogen and oxygen atoms in total. The average molecular weight is 208 g/mol. The van der Waals surface area contributed by atoms with Crippen LogP contribution in [0.5, 0.6) is 0 Å². The first-order valence-corrected chi connectivity index (χ1v) is 4.82. The number of imidazole rings is 1. The van der Waals surface area contributed by atoms with Crippen molar-refractivity contribution in [1.82, 2.24) is 14.5 Å². The van der Waals surface area contributed by atoms with Gasteiger partial charge in [-0.15, -0.1) is 0 Å². The Morgan fingerprint density at radius 3 is 2.93 bits per heavy atom. The van der Waals surface area contributed by atoms with Crippen LogP contribution in [-0.4, -0.2) is 14.5 Å². The third-order valence-corrected chi connectivity index (χ3v) is 2.34. The fourth-order valence-electron chi connectivity index (χ4n) is 1.38. The second kappa shape index (κ2) is 3.80. The van der Waals surface area contributed by atoms with Crippen molar-refractivity contribution >= 4 is 11.6 Å². The van der Waals surface area contributed by atoms with Gasteiger partial charge in [0.25, 0.3) is 0 Å². The van der Waals surface area contributed by atoms with E-state index in [0.29, 0.717) is 5.15 Å². The Morgan fingerprint density at radius 1 is 1.43 bits per heavy atom. The lowest BCUT2D eigenvalue weighted by atomic mass is 10.3. The third kappa shape index (κ3) is 1.51. The zero-order valence-corrected chi connectivity index (χ0v) is 8.57. The summed E-state index contributed by atoms with van der Waals surface area (Å²) >= 11 is 5.98. The molecule has 0 aliphatic rings. The molecule has 0 atom stereocenters. The van der Waals surface area contributed by atoms with Gasteiger partial charge in [0.15, 0.2) is 0 Å². The van der Waals surface area contributed by atoms with Gasteiger partial charge < -0.3 is 4.57 Å². The van der Waals surface area contributed by atoms with Crippen molar-refractivity contribution < 1.29 is 0 Å². The maximum Gasteiger partial charge on any atom is 0.142 e. The molecule has 0 saturated carbocycles. The summed E-state index contributed by atoms with van der Waals surface area (Å²) in [5, 5.41) is 0.659. The van der Waals surface area contributed by atoms with E-state index in [0.717, 1.165) is 17.9 Å². The summed E-state index contributed by atoms with van der Waals surface area (Å²) in [5.41, 5.74) is 0.987. The average Bonchev–Trinajstić information content (AvgIpc) is 2.61. The van der Waals surface area contributed by atoms with Gasteiger partial charge in [-0.25, -0.2) is 4.98 Å². The summed E-state index contributed by atoms with van der Waals surface area (Å²) in [6, 6.07) is 3.86. The Hall–Kier alpha value is -1.35. The van der Waals surface area contributed by atoms with Crippen molar-refractivity contribution in [1.29, 1.82) is 0 Å². The second-order valence-electron chi connectivity index (χ2n) is 2.89. The van der Waals surface area contributed by atoms with Gasteiger partial charge in [-0.1, -0.05) is 11.6 Å². The highest BCUT2D eigenvalue weighted by Crippen LogP contribution is 2.21. The van der Waals surface area contributed by atoms with Gasteiger partial charge >= 0.3 is 0 Å². The normalized spacial score (nSPS) is 10.4. The predicted molar refractivity (Wildman–Crippen MR) is 56.1 cm³/mol. The van der Waals surface area contributed by atoms with E-state index in [-0.39, 0.29) is 0 Å². The number of nitrogens with zero attached hydrogens (tertiary/aromatic N) is 3. The highest BCUT2D eigenvalue weighted by molar-refractivity contribution is 6.29. The summed E-state index contributed by atoms with van der Waals surface area (Å²) in [6.45, 7) is 2.84. The minimum absolute atomic E-state index is 0.659. The van der Waals surface area contributed by atoms with E-state index in [9.17, 15) is 0 Å². The minimum Gasteiger partial charge on any atom is -0.315 e. The molecule has 72 valence electrons. The van der Waals surface area contributed by atoms with E-state index in [1.165, 1.54) is 0 Å². The van der Waals surface area contributed by atoms with Crippen LogP contribution >= 0.6 is 11.6 Å². The highest BCUT2D eigenvalue weighted by Gasteiger charge is 2.08. The van der Waals surface area contributed by atoms with E-state index < -0.39 is 0 Å². The number of halogens is 1. The van der Waals surface area contributed by atoms with Gasteiger partial charge in [0.05, 0.1) is 6.20 Å². The van der Waals surface area contributed by atoms with Crippen molar-refractivity contribution in [3.63, 3.8) is 0 Å². The Balaban J connectivity index is 2.52. The summed E-state index contributed by atoms with van der Waals surface area (Å²) in [4.78, 5) is 8.30. The van der Waals surface area contributed by atoms with Crippen molar-refractivity contribution in [2.75, 3.05) is 0 Å². The van der Waals surface area contributed by atoms with E-state index >= 15 is 0 Å². The van der Waals surface area contributed by atoms with E-state index in [4.69, 9.17) is 11.6 Å². The van der Waals surface area contributed by atoms with Gasteiger partial charge in [-0.05, 0) is 19.1 Å². The SMILES string of the molecule is CCn1c(Cl)cnc1-c1cccnc1. The van der Waals surface area contributed by atoms with Crippen LogP contribution in [0.1, 0.15) is 6.92 Å². The molecule has 2 rings (SSSR count). The maximum atomic E-state index is 5.98. The van der Waals surface area contributed by atoms with Crippen molar-refractivity contribution in [2.45, 2.75) is 13.5 Å². The molecule has 0 spiro atoms. The monoisotopic (exact) mass is 207 g/mol. The fraction of sp³-hybridized carbons (Fsp3) is 0.200. The molecule has 0 aliphatic heterocycles. The second-order valence-corrected chi connectivity index (χ2v) is 3.28. The number of aromatic nitrogens is 3. The molecule has 0 bridgehead atoms. The molecule has 0 fully saturated rings. The smallest absolute Gasteiger partial charge is 0.142 e. The van der Waals surface area contributed by atoms with Gasteiger partial charge in [-0.3, -0.25) is 4.98 Å². The molecule has 2 heterocycles. The third-order valence-electron chi connectivity index (χ3n) is 2.04. The lowest BCUT2D eigenvalue weighted by Gasteiger charge is -2.04. The number of hydrogen-bond acceptors (Lipinski definition) is 2. The van der Waals surface area contributed by atoms with Crippen LogP contribution in [0.4, 0.5) is 0 Å². The first-order valence-electron chi connectivity index (χ1n) is 4.44. The van der Waals surface area contributed by atoms with Gasteiger partial charge in [0, 0.05) is 24.5 Å². The Labute approximate surface area is 87.4 Å². The van der Waals surface area contributed by atoms with Crippen molar-refractivity contribution in [2.24, 2.45) is 0 Å². The first-order chi connectivity index (χ1) is 6.83. The Bertz CT molecular complexity index is 422. The molecule has 0 amide bonds.